The van der Waals surface area contributed by atoms with E-state index >= 15 is 0 Å². The zero-order chi connectivity index (χ0) is 24.3. The fourth-order valence-corrected chi connectivity index (χ4v) is 4.40. The molecule has 0 saturated heterocycles. The molecular formula is C27H36BrN3O3. The third-order valence-electron chi connectivity index (χ3n) is 5.85. The first-order valence-corrected chi connectivity index (χ1v) is 12.9. The van der Waals surface area contributed by atoms with Crippen molar-refractivity contribution in [3.05, 3.63) is 52.3 Å². The summed E-state index contributed by atoms with van der Waals surface area (Å²) in [5.74, 6) is 2.87. The molecule has 3 aromatic rings. The summed E-state index contributed by atoms with van der Waals surface area (Å²) in [5.41, 5.74) is 2.00. The summed E-state index contributed by atoms with van der Waals surface area (Å²) in [6.07, 6.45) is 7.76. The molecule has 1 heterocycles. The second kappa shape index (κ2) is 13.5. The Labute approximate surface area is 211 Å². The summed E-state index contributed by atoms with van der Waals surface area (Å²) in [6, 6.07) is 12.2. The van der Waals surface area contributed by atoms with Crippen LogP contribution in [0.4, 0.5) is 5.82 Å². The largest absolute Gasteiger partial charge is 0.493 e. The predicted octanol–water partition coefficient (Wildman–Crippen LogP) is 6.98. The number of benzene rings is 2. The van der Waals surface area contributed by atoms with Crippen LogP contribution in [-0.2, 0) is 0 Å². The number of aliphatic hydroxyl groups excluding tert-OH is 1. The lowest BCUT2D eigenvalue weighted by Crippen LogP contribution is -2.10. The Kier molecular flexibility index (Phi) is 10.4. The van der Waals surface area contributed by atoms with Crippen molar-refractivity contribution in [3.8, 4) is 11.5 Å². The van der Waals surface area contributed by atoms with E-state index in [0.29, 0.717) is 30.5 Å². The summed E-state index contributed by atoms with van der Waals surface area (Å²) < 4.78 is 12.8. The number of rotatable bonds is 14. The highest BCUT2D eigenvalue weighted by molar-refractivity contribution is 9.10. The Hall–Kier alpha value is -2.38. The number of unbranched alkanes of at least 4 members (excludes halogenated alkanes) is 6. The molecule has 2 aromatic carbocycles. The van der Waals surface area contributed by atoms with E-state index in [0.717, 1.165) is 46.9 Å². The number of nitrogens with zero attached hydrogens (tertiary/aromatic N) is 2. The highest BCUT2D eigenvalue weighted by atomic mass is 79.9. The number of aromatic nitrogens is 2. The third-order valence-corrected chi connectivity index (χ3v) is 6.35. The topological polar surface area (TPSA) is 76.5 Å². The minimum atomic E-state index is 0.0700. The van der Waals surface area contributed by atoms with Crippen molar-refractivity contribution in [2.75, 3.05) is 25.6 Å². The molecular weight excluding hydrogens is 494 g/mol. The minimum absolute atomic E-state index is 0.0700. The fraction of sp³-hybridized carbons (Fsp3) is 0.481. The molecule has 7 heteroatoms. The first-order chi connectivity index (χ1) is 16.5. The van der Waals surface area contributed by atoms with Crippen LogP contribution in [0, 0.1) is 6.92 Å². The van der Waals surface area contributed by atoms with Gasteiger partial charge in [-0.05, 0) is 50.5 Å². The molecule has 0 fully saturated rings. The van der Waals surface area contributed by atoms with Crippen LogP contribution < -0.4 is 14.8 Å². The Morgan fingerprint density at radius 2 is 1.71 bits per heavy atom. The summed E-state index contributed by atoms with van der Waals surface area (Å²) >= 11 is 3.55. The van der Waals surface area contributed by atoms with Gasteiger partial charge >= 0.3 is 0 Å². The van der Waals surface area contributed by atoms with Gasteiger partial charge in [0.25, 0.3) is 0 Å². The van der Waals surface area contributed by atoms with Gasteiger partial charge in [0.05, 0.1) is 25.3 Å². The highest BCUT2D eigenvalue weighted by Crippen LogP contribution is 2.35. The highest BCUT2D eigenvalue weighted by Gasteiger charge is 2.15. The first-order valence-electron chi connectivity index (χ1n) is 12.1. The summed E-state index contributed by atoms with van der Waals surface area (Å²) in [6.45, 7) is 4.97. The van der Waals surface area contributed by atoms with Crippen LogP contribution >= 0.6 is 15.9 Å². The van der Waals surface area contributed by atoms with Gasteiger partial charge in [0.15, 0.2) is 11.5 Å². The first kappa shape index (κ1) is 26.2. The van der Waals surface area contributed by atoms with Crippen LogP contribution in [0.2, 0.25) is 0 Å². The molecule has 184 valence electrons. The number of methoxy groups -OCH3 is 1. The van der Waals surface area contributed by atoms with Gasteiger partial charge in [0.2, 0.25) is 0 Å². The molecule has 0 aliphatic heterocycles. The third kappa shape index (κ3) is 7.57. The summed E-state index contributed by atoms with van der Waals surface area (Å²) in [4.78, 5) is 9.32. The Bertz CT molecular complexity index is 1060. The number of halogens is 1. The Morgan fingerprint density at radius 3 is 2.41 bits per heavy atom. The van der Waals surface area contributed by atoms with Crippen molar-refractivity contribution in [1.82, 2.24) is 9.97 Å². The zero-order valence-corrected chi connectivity index (χ0v) is 22.0. The second-order valence-corrected chi connectivity index (χ2v) is 9.52. The van der Waals surface area contributed by atoms with Gasteiger partial charge in [-0.3, -0.25) is 0 Å². The number of fused-ring (bicyclic) bond motifs is 1. The van der Waals surface area contributed by atoms with Crippen molar-refractivity contribution in [2.45, 2.75) is 64.8 Å². The number of aryl methyl sites for hydroxylation is 1. The van der Waals surface area contributed by atoms with Gasteiger partial charge in [0, 0.05) is 22.5 Å². The van der Waals surface area contributed by atoms with Crippen LogP contribution in [0.15, 0.2) is 40.9 Å². The molecule has 1 atom stereocenters. The van der Waals surface area contributed by atoms with Crippen LogP contribution in [0.1, 0.15) is 69.3 Å². The lowest BCUT2D eigenvalue weighted by molar-refractivity contribution is 0.279. The summed E-state index contributed by atoms with van der Waals surface area (Å²) in [5, 5.41) is 13.3. The van der Waals surface area contributed by atoms with Crippen molar-refractivity contribution >= 4 is 32.7 Å². The quantitative estimate of drug-likeness (QED) is 0.219. The van der Waals surface area contributed by atoms with Gasteiger partial charge in [-0.15, -0.1) is 0 Å². The van der Waals surface area contributed by atoms with E-state index in [1.54, 1.807) is 7.11 Å². The summed E-state index contributed by atoms with van der Waals surface area (Å²) in [7, 11) is 1.66. The number of anilines is 1. The number of aliphatic hydroxyl groups is 1. The van der Waals surface area contributed by atoms with E-state index < -0.39 is 0 Å². The number of hydrogen-bond acceptors (Lipinski definition) is 6. The van der Waals surface area contributed by atoms with E-state index in [1.807, 2.05) is 31.2 Å². The molecule has 6 nitrogen and oxygen atoms in total. The molecule has 0 unspecified atom stereocenters. The maximum absolute atomic E-state index is 8.84. The maximum Gasteiger partial charge on any atom is 0.163 e. The molecule has 0 aliphatic rings. The molecule has 2 N–H and O–H groups in total. The molecule has 0 radical (unpaired) electrons. The van der Waals surface area contributed by atoms with E-state index in [2.05, 4.69) is 50.3 Å². The van der Waals surface area contributed by atoms with Crippen molar-refractivity contribution in [1.29, 1.82) is 0 Å². The van der Waals surface area contributed by atoms with E-state index in [4.69, 9.17) is 14.6 Å². The number of ether oxygens (including phenoxy) is 2. The van der Waals surface area contributed by atoms with E-state index in [1.165, 1.54) is 24.8 Å². The number of hydrogen-bond donors (Lipinski definition) is 2. The molecule has 0 saturated carbocycles. The maximum atomic E-state index is 8.84. The molecule has 0 aliphatic carbocycles. The molecule has 0 amide bonds. The van der Waals surface area contributed by atoms with Crippen LogP contribution in [-0.4, -0.2) is 35.4 Å². The van der Waals surface area contributed by atoms with Gasteiger partial charge in [0.1, 0.15) is 11.6 Å². The lowest BCUT2D eigenvalue weighted by Gasteiger charge is -2.18. The average Bonchev–Trinajstić information content (AvgIpc) is 2.82. The molecule has 1 aromatic heterocycles. The average molecular weight is 531 g/mol. The van der Waals surface area contributed by atoms with Crippen LogP contribution in [0.25, 0.3) is 10.9 Å². The SMILES string of the molecule is COc1cc2c(N[C@H](C)c3cccc(Br)c3)nc(C)nc2cc1OCCCCCCCCCO. The van der Waals surface area contributed by atoms with Crippen LogP contribution in [0.5, 0.6) is 11.5 Å². The van der Waals surface area contributed by atoms with Gasteiger partial charge in [-0.2, -0.15) is 0 Å². The van der Waals surface area contributed by atoms with Crippen molar-refractivity contribution in [2.24, 2.45) is 0 Å². The molecule has 0 spiro atoms. The predicted molar refractivity (Wildman–Crippen MR) is 142 cm³/mol. The fourth-order valence-electron chi connectivity index (χ4n) is 3.98. The van der Waals surface area contributed by atoms with Gasteiger partial charge in [-0.25, -0.2) is 9.97 Å². The van der Waals surface area contributed by atoms with Crippen molar-refractivity contribution in [3.63, 3.8) is 0 Å². The molecule has 3 rings (SSSR count). The zero-order valence-electron chi connectivity index (χ0n) is 20.4. The Morgan fingerprint density at radius 1 is 0.971 bits per heavy atom. The van der Waals surface area contributed by atoms with Crippen molar-refractivity contribution < 1.29 is 14.6 Å². The van der Waals surface area contributed by atoms with E-state index in [-0.39, 0.29) is 6.04 Å². The lowest BCUT2D eigenvalue weighted by atomic mass is 10.1. The molecule has 34 heavy (non-hydrogen) atoms. The monoisotopic (exact) mass is 529 g/mol. The second-order valence-electron chi connectivity index (χ2n) is 8.61. The number of nitrogens with one attached hydrogen (secondary N) is 1. The standard InChI is InChI=1S/C27H36BrN3O3/c1-19(21-12-11-13-22(28)16-21)29-27-23-17-25(33-3)26(18-24(23)30-20(2)31-27)34-15-10-8-6-4-5-7-9-14-32/h11-13,16-19,32H,4-10,14-15H2,1-3H3,(H,29,30,31)/t19-/m1/s1. The smallest absolute Gasteiger partial charge is 0.163 e. The van der Waals surface area contributed by atoms with E-state index in [9.17, 15) is 0 Å². The Balaban J connectivity index is 1.67. The normalized spacial score (nSPS) is 12.0. The minimum Gasteiger partial charge on any atom is -0.493 e. The van der Waals surface area contributed by atoms with Gasteiger partial charge < -0.3 is 19.9 Å². The van der Waals surface area contributed by atoms with Gasteiger partial charge in [-0.1, -0.05) is 60.2 Å². The van der Waals surface area contributed by atoms with Crippen LogP contribution in [0.3, 0.4) is 0 Å². The molecule has 0 bridgehead atoms.